The van der Waals surface area contributed by atoms with E-state index in [1.807, 2.05) is 38.1 Å². The van der Waals surface area contributed by atoms with Gasteiger partial charge in [0.15, 0.2) is 0 Å². The van der Waals surface area contributed by atoms with E-state index in [9.17, 15) is 9.59 Å². The number of piperidine rings is 1. The maximum absolute atomic E-state index is 12.5. The molecule has 0 bridgehead atoms. The first kappa shape index (κ1) is 18.5. The fourth-order valence-electron chi connectivity index (χ4n) is 3.10. The Labute approximate surface area is 153 Å². The average Bonchev–Trinajstić information content (AvgIpc) is 2.63. The third kappa shape index (κ3) is 4.64. The average molecular weight is 357 g/mol. The largest absolute Gasteiger partial charge is 0.490 e. The molecule has 0 saturated carbocycles. The summed E-state index contributed by atoms with van der Waals surface area (Å²) in [4.78, 5) is 24.2. The Kier molecular flexibility index (Phi) is 5.93. The van der Waals surface area contributed by atoms with Gasteiger partial charge in [-0.2, -0.15) is 0 Å². The summed E-state index contributed by atoms with van der Waals surface area (Å²) < 4.78 is 7.53. The summed E-state index contributed by atoms with van der Waals surface area (Å²) in [5.74, 6) is 0.623. The molecule has 140 valence electrons. The summed E-state index contributed by atoms with van der Waals surface area (Å²) in [5.41, 5.74) is 0.704. The van der Waals surface area contributed by atoms with Crippen LogP contribution in [-0.4, -0.2) is 35.7 Å². The minimum absolute atomic E-state index is 0.0214. The van der Waals surface area contributed by atoms with Crippen LogP contribution in [0.5, 0.6) is 5.75 Å². The second-order valence-electron chi connectivity index (χ2n) is 7.13. The number of aromatic nitrogens is 1. The van der Waals surface area contributed by atoms with Crippen molar-refractivity contribution >= 4 is 11.6 Å². The van der Waals surface area contributed by atoms with E-state index in [-0.39, 0.29) is 29.5 Å². The molecule has 26 heavy (non-hydrogen) atoms. The van der Waals surface area contributed by atoms with E-state index in [0.29, 0.717) is 12.2 Å². The van der Waals surface area contributed by atoms with Gasteiger partial charge in [-0.05, 0) is 44.5 Å². The molecule has 2 aliphatic rings. The molecule has 3 rings (SSSR count). The number of allylic oxidation sites excluding steroid dienone is 2. The third-order valence-electron chi connectivity index (χ3n) is 4.69. The van der Waals surface area contributed by atoms with E-state index in [4.69, 9.17) is 4.74 Å². The van der Waals surface area contributed by atoms with Crippen LogP contribution in [0.2, 0.25) is 0 Å². The van der Waals surface area contributed by atoms with Crippen LogP contribution >= 0.6 is 0 Å². The molecule has 1 aliphatic heterocycles. The maximum Gasteiger partial charge on any atom is 0.258 e. The first-order valence-electron chi connectivity index (χ1n) is 9.32. The smallest absolute Gasteiger partial charge is 0.258 e. The van der Waals surface area contributed by atoms with Crippen molar-refractivity contribution in [3.63, 3.8) is 0 Å². The quantitative estimate of drug-likeness (QED) is 0.845. The first-order chi connectivity index (χ1) is 12.5. The van der Waals surface area contributed by atoms with Gasteiger partial charge in [-0.15, -0.1) is 0 Å². The van der Waals surface area contributed by atoms with E-state index >= 15 is 0 Å². The second kappa shape index (κ2) is 8.36. The van der Waals surface area contributed by atoms with Gasteiger partial charge >= 0.3 is 0 Å². The molecule has 1 unspecified atom stereocenters. The van der Waals surface area contributed by atoms with Gasteiger partial charge in [0.25, 0.3) is 5.56 Å². The normalized spacial score (nSPS) is 20.7. The Morgan fingerprint density at radius 2 is 2.12 bits per heavy atom. The summed E-state index contributed by atoms with van der Waals surface area (Å²) in [6, 6.07) is 3.36. The van der Waals surface area contributed by atoms with E-state index in [0.717, 1.165) is 31.6 Å². The van der Waals surface area contributed by atoms with E-state index in [2.05, 4.69) is 10.6 Å². The lowest BCUT2D eigenvalue weighted by molar-refractivity contribution is -0.124. The molecule has 1 amide bonds. The predicted octanol–water partition coefficient (Wildman–Crippen LogP) is 1.92. The number of carbonyl (C=O) groups excluding carboxylic acids is 1. The van der Waals surface area contributed by atoms with Crippen molar-refractivity contribution in [2.75, 3.05) is 13.1 Å². The molecule has 1 atom stereocenters. The summed E-state index contributed by atoms with van der Waals surface area (Å²) in [6.07, 6.45) is 10.3. The van der Waals surface area contributed by atoms with Gasteiger partial charge in [-0.1, -0.05) is 26.0 Å². The SMILES string of the molecule is CC(C)C(=O)NC1C=CC(n2ccc(OC3CCNCC3)cc2=O)=CC1. The molecule has 6 heteroatoms. The zero-order valence-corrected chi connectivity index (χ0v) is 15.4. The Bertz CT molecular complexity index is 758. The highest BCUT2D eigenvalue weighted by Crippen LogP contribution is 2.18. The highest BCUT2D eigenvalue weighted by Gasteiger charge is 2.17. The van der Waals surface area contributed by atoms with Gasteiger partial charge in [-0.25, -0.2) is 0 Å². The highest BCUT2D eigenvalue weighted by molar-refractivity contribution is 5.78. The van der Waals surface area contributed by atoms with E-state index in [1.54, 1.807) is 16.8 Å². The molecule has 0 radical (unpaired) electrons. The van der Waals surface area contributed by atoms with E-state index < -0.39 is 0 Å². The maximum atomic E-state index is 12.5. The number of pyridine rings is 1. The van der Waals surface area contributed by atoms with Crippen molar-refractivity contribution < 1.29 is 9.53 Å². The monoisotopic (exact) mass is 357 g/mol. The number of nitrogens with one attached hydrogen (secondary N) is 2. The van der Waals surface area contributed by atoms with Crippen molar-refractivity contribution in [2.24, 2.45) is 5.92 Å². The molecule has 0 aromatic carbocycles. The highest BCUT2D eigenvalue weighted by atomic mass is 16.5. The van der Waals surface area contributed by atoms with Crippen LogP contribution in [0, 0.1) is 5.92 Å². The van der Waals surface area contributed by atoms with Gasteiger partial charge in [0.05, 0.1) is 6.04 Å². The van der Waals surface area contributed by atoms with Crippen molar-refractivity contribution in [3.8, 4) is 5.75 Å². The van der Waals surface area contributed by atoms with Crippen LogP contribution in [-0.2, 0) is 4.79 Å². The molecule has 1 saturated heterocycles. The molecule has 1 aliphatic carbocycles. The van der Waals surface area contributed by atoms with Crippen LogP contribution in [0.3, 0.4) is 0 Å². The van der Waals surface area contributed by atoms with Crippen LogP contribution in [0.4, 0.5) is 0 Å². The molecule has 1 aromatic heterocycles. The van der Waals surface area contributed by atoms with Crippen LogP contribution in [0.25, 0.3) is 5.70 Å². The Balaban J connectivity index is 1.63. The van der Waals surface area contributed by atoms with Crippen LogP contribution < -0.4 is 20.9 Å². The van der Waals surface area contributed by atoms with Crippen molar-refractivity contribution in [1.29, 1.82) is 0 Å². The molecule has 2 N–H and O–H groups in total. The number of rotatable bonds is 5. The standard InChI is InChI=1S/C20H27N3O3/c1-14(2)20(25)22-15-3-5-16(6-4-15)23-12-9-18(13-19(23)24)26-17-7-10-21-11-8-17/h3,5-6,9,12-15,17,21H,4,7-8,10-11H2,1-2H3,(H,22,25). The molecule has 2 heterocycles. The topological polar surface area (TPSA) is 72.4 Å². The van der Waals surface area contributed by atoms with Crippen LogP contribution in [0.15, 0.2) is 41.4 Å². The molecule has 1 aromatic rings. The molecular formula is C20H27N3O3. The lowest BCUT2D eigenvalue weighted by atomic mass is 10.1. The summed E-state index contributed by atoms with van der Waals surface area (Å²) in [6.45, 7) is 5.65. The van der Waals surface area contributed by atoms with Gasteiger partial charge in [0.1, 0.15) is 11.9 Å². The van der Waals surface area contributed by atoms with Gasteiger partial charge in [0, 0.05) is 23.9 Å². The summed E-state index contributed by atoms with van der Waals surface area (Å²) >= 11 is 0. The number of carbonyl (C=O) groups is 1. The van der Waals surface area contributed by atoms with Gasteiger partial charge in [-0.3, -0.25) is 14.2 Å². The number of nitrogens with zero attached hydrogens (tertiary/aromatic N) is 1. The zero-order chi connectivity index (χ0) is 18.5. The van der Waals surface area contributed by atoms with Gasteiger partial charge in [0.2, 0.25) is 5.91 Å². The summed E-state index contributed by atoms with van der Waals surface area (Å²) in [5, 5.41) is 6.27. The number of amides is 1. The predicted molar refractivity (Wildman–Crippen MR) is 102 cm³/mol. The number of ether oxygens (including phenoxy) is 1. The second-order valence-corrected chi connectivity index (χ2v) is 7.13. The molecular weight excluding hydrogens is 330 g/mol. The summed E-state index contributed by atoms with van der Waals surface area (Å²) in [7, 11) is 0. The Morgan fingerprint density at radius 1 is 1.35 bits per heavy atom. The minimum atomic E-state index is -0.114. The number of hydrogen-bond donors (Lipinski definition) is 2. The molecule has 6 nitrogen and oxygen atoms in total. The molecule has 0 spiro atoms. The fraction of sp³-hybridized carbons (Fsp3) is 0.500. The third-order valence-corrected chi connectivity index (χ3v) is 4.69. The van der Waals surface area contributed by atoms with Crippen molar-refractivity contribution in [1.82, 2.24) is 15.2 Å². The van der Waals surface area contributed by atoms with Crippen LogP contribution in [0.1, 0.15) is 33.1 Å². The Hall–Kier alpha value is -2.34. The lowest BCUT2D eigenvalue weighted by Crippen LogP contribution is -2.36. The van der Waals surface area contributed by atoms with Crippen molar-refractivity contribution in [2.45, 2.75) is 45.3 Å². The zero-order valence-electron chi connectivity index (χ0n) is 15.4. The number of hydrogen-bond acceptors (Lipinski definition) is 4. The lowest BCUT2D eigenvalue weighted by Gasteiger charge is -2.24. The Morgan fingerprint density at radius 3 is 2.73 bits per heavy atom. The first-order valence-corrected chi connectivity index (χ1v) is 9.32. The minimum Gasteiger partial charge on any atom is -0.490 e. The van der Waals surface area contributed by atoms with E-state index in [1.165, 1.54) is 0 Å². The molecule has 1 fully saturated rings. The van der Waals surface area contributed by atoms with Crippen molar-refractivity contribution in [3.05, 3.63) is 46.9 Å². The van der Waals surface area contributed by atoms with Gasteiger partial charge < -0.3 is 15.4 Å². The fourth-order valence-corrected chi connectivity index (χ4v) is 3.10.